The molecular formula is C20H40N4O. The van der Waals surface area contributed by atoms with Gasteiger partial charge in [0.1, 0.15) is 5.78 Å². The van der Waals surface area contributed by atoms with Gasteiger partial charge in [0, 0.05) is 38.6 Å². The molecule has 2 saturated heterocycles. The Balaban J connectivity index is 1.56. The predicted octanol–water partition coefficient (Wildman–Crippen LogP) is 1.54. The van der Waals surface area contributed by atoms with Crippen LogP contribution < -0.4 is 5.32 Å². The van der Waals surface area contributed by atoms with Crippen molar-refractivity contribution in [3.05, 3.63) is 0 Å². The van der Waals surface area contributed by atoms with Crippen LogP contribution in [0.2, 0.25) is 0 Å². The third kappa shape index (κ3) is 7.73. The maximum absolute atomic E-state index is 11.9. The molecule has 2 aliphatic rings. The van der Waals surface area contributed by atoms with Gasteiger partial charge in [-0.2, -0.15) is 0 Å². The van der Waals surface area contributed by atoms with Gasteiger partial charge in [-0.1, -0.05) is 20.8 Å². The van der Waals surface area contributed by atoms with E-state index < -0.39 is 0 Å². The van der Waals surface area contributed by atoms with Crippen molar-refractivity contribution in [3.8, 4) is 0 Å². The molecule has 0 spiro atoms. The van der Waals surface area contributed by atoms with Gasteiger partial charge >= 0.3 is 0 Å². The average Bonchev–Trinajstić information content (AvgIpc) is 2.61. The highest BCUT2D eigenvalue weighted by Crippen LogP contribution is 2.19. The van der Waals surface area contributed by atoms with E-state index in [0.717, 1.165) is 32.1 Å². The summed E-state index contributed by atoms with van der Waals surface area (Å²) in [6.45, 7) is 18.7. The summed E-state index contributed by atoms with van der Waals surface area (Å²) in [6.07, 6.45) is 3.78. The third-order valence-electron chi connectivity index (χ3n) is 5.79. The lowest BCUT2D eigenvalue weighted by Gasteiger charge is -2.39. The predicted molar refractivity (Wildman–Crippen MR) is 105 cm³/mol. The molecule has 25 heavy (non-hydrogen) atoms. The molecule has 5 heteroatoms. The number of carbonyl (C=O) groups excluding carboxylic acids is 1. The van der Waals surface area contributed by atoms with Crippen LogP contribution in [-0.4, -0.2) is 92.5 Å². The van der Waals surface area contributed by atoms with Crippen LogP contribution >= 0.6 is 0 Å². The van der Waals surface area contributed by atoms with E-state index in [1.54, 1.807) is 0 Å². The van der Waals surface area contributed by atoms with E-state index >= 15 is 0 Å². The lowest BCUT2D eigenvalue weighted by Crippen LogP contribution is -2.49. The summed E-state index contributed by atoms with van der Waals surface area (Å²) in [5.74, 6) is 1.39. The Bertz CT molecular complexity index is 372. The Kier molecular flexibility index (Phi) is 9.39. The molecule has 0 aromatic carbocycles. The molecule has 2 rings (SSSR count). The number of nitrogens with one attached hydrogen (secondary N) is 1. The van der Waals surface area contributed by atoms with Gasteiger partial charge in [0.25, 0.3) is 0 Å². The quantitative estimate of drug-likeness (QED) is 0.604. The number of hydrogen-bond acceptors (Lipinski definition) is 5. The van der Waals surface area contributed by atoms with E-state index in [2.05, 4.69) is 26.9 Å². The van der Waals surface area contributed by atoms with E-state index in [9.17, 15) is 4.79 Å². The minimum absolute atomic E-state index is 0.173. The lowest BCUT2D eigenvalue weighted by atomic mass is 9.95. The minimum Gasteiger partial charge on any atom is -0.317 e. The number of piperazine rings is 1. The van der Waals surface area contributed by atoms with Gasteiger partial charge < -0.3 is 15.1 Å². The highest BCUT2D eigenvalue weighted by molar-refractivity contribution is 5.82. The van der Waals surface area contributed by atoms with Gasteiger partial charge in [-0.15, -0.1) is 0 Å². The number of rotatable bonds is 10. The second-order valence-corrected chi connectivity index (χ2v) is 8.19. The summed E-state index contributed by atoms with van der Waals surface area (Å²) in [6, 6.07) is 0. The first-order valence-electron chi connectivity index (χ1n) is 10.5. The molecule has 0 amide bonds. The SMILES string of the molecule is CCNCCCN1CCN(CC2CCN(CC(=O)C(C)C)CC2)CC1. The van der Waals surface area contributed by atoms with Gasteiger partial charge in [-0.25, -0.2) is 0 Å². The van der Waals surface area contributed by atoms with Crippen molar-refractivity contribution in [2.45, 2.75) is 40.0 Å². The fourth-order valence-electron chi connectivity index (χ4n) is 3.90. The molecule has 0 atom stereocenters. The van der Waals surface area contributed by atoms with Crippen LogP contribution in [0.3, 0.4) is 0 Å². The van der Waals surface area contributed by atoms with E-state index in [-0.39, 0.29) is 5.92 Å². The van der Waals surface area contributed by atoms with E-state index in [0.29, 0.717) is 12.3 Å². The first-order valence-corrected chi connectivity index (χ1v) is 10.5. The highest BCUT2D eigenvalue weighted by atomic mass is 16.1. The van der Waals surface area contributed by atoms with Crippen LogP contribution in [0, 0.1) is 11.8 Å². The number of ketones is 1. The fourth-order valence-corrected chi connectivity index (χ4v) is 3.90. The molecule has 146 valence electrons. The molecule has 0 bridgehead atoms. The molecule has 0 unspecified atom stereocenters. The smallest absolute Gasteiger partial charge is 0.149 e. The minimum atomic E-state index is 0.173. The average molecular weight is 353 g/mol. The standard InChI is InChI=1S/C20H40N4O/c1-4-21-8-5-9-22-12-14-24(15-13-22)16-19-6-10-23(11-7-19)17-20(25)18(2)3/h18-19,21H,4-17H2,1-3H3. The monoisotopic (exact) mass is 352 g/mol. The van der Waals surface area contributed by atoms with Gasteiger partial charge in [-0.05, 0) is 57.9 Å². The second kappa shape index (κ2) is 11.3. The maximum atomic E-state index is 11.9. The Morgan fingerprint density at radius 3 is 2.24 bits per heavy atom. The Morgan fingerprint density at radius 2 is 1.64 bits per heavy atom. The lowest BCUT2D eigenvalue weighted by molar-refractivity contribution is -0.123. The Hall–Kier alpha value is -0.490. The summed E-state index contributed by atoms with van der Waals surface area (Å²) in [5.41, 5.74) is 0. The van der Waals surface area contributed by atoms with Gasteiger partial charge in [0.2, 0.25) is 0 Å². The number of carbonyl (C=O) groups is 1. The van der Waals surface area contributed by atoms with Gasteiger partial charge in [0.05, 0.1) is 6.54 Å². The molecule has 2 aliphatic heterocycles. The van der Waals surface area contributed by atoms with Gasteiger partial charge in [-0.3, -0.25) is 9.69 Å². The summed E-state index contributed by atoms with van der Waals surface area (Å²) in [5, 5.41) is 3.41. The molecule has 0 aromatic rings. The van der Waals surface area contributed by atoms with Crippen molar-refractivity contribution < 1.29 is 4.79 Å². The van der Waals surface area contributed by atoms with Crippen LogP contribution in [0.4, 0.5) is 0 Å². The highest BCUT2D eigenvalue weighted by Gasteiger charge is 2.24. The zero-order valence-corrected chi connectivity index (χ0v) is 16.8. The van der Waals surface area contributed by atoms with Crippen LogP contribution in [0.15, 0.2) is 0 Å². The van der Waals surface area contributed by atoms with Crippen molar-refractivity contribution in [3.63, 3.8) is 0 Å². The first kappa shape index (κ1) is 20.8. The van der Waals surface area contributed by atoms with Crippen molar-refractivity contribution in [2.24, 2.45) is 11.8 Å². The van der Waals surface area contributed by atoms with Crippen molar-refractivity contribution in [2.75, 3.05) is 72.0 Å². The molecule has 0 saturated carbocycles. The molecule has 0 radical (unpaired) electrons. The summed E-state index contributed by atoms with van der Waals surface area (Å²) >= 11 is 0. The number of likely N-dealkylation sites (tertiary alicyclic amines) is 1. The summed E-state index contributed by atoms with van der Waals surface area (Å²) < 4.78 is 0. The fraction of sp³-hybridized carbons (Fsp3) is 0.950. The molecule has 0 aliphatic carbocycles. The number of hydrogen-bond donors (Lipinski definition) is 1. The topological polar surface area (TPSA) is 38.8 Å². The zero-order valence-electron chi connectivity index (χ0n) is 16.8. The number of Topliss-reactive ketones (excluding diaryl/α,β-unsaturated/α-hetero) is 1. The Morgan fingerprint density at radius 1 is 1.00 bits per heavy atom. The normalized spacial score (nSPS) is 21.9. The number of piperidine rings is 1. The second-order valence-electron chi connectivity index (χ2n) is 8.19. The molecule has 2 fully saturated rings. The van der Waals surface area contributed by atoms with Crippen LogP contribution in [-0.2, 0) is 4.79 Å². The third-order valence-corrected chi connectivity index (χ3v) is 5.79. The van der Waals surface area contributed by atoms with Crippen molar-refractivity contribution in [1.29, 1.82) is 0 Å². The molecule has 2 heterocycles. The van der Waals surface area contributed by atoms with Gasteiger partial charge in [0.15, 0.2) is 0 Å². The van der Waals surface area contributed by atoms with Crippen molar-refractivity contribution >= 4 is 5.78 Å². The van der Waals surface area contributed by atoms with E-state index in [4.69, 9.17) is 0 Å². The van der Waals surface area contributed by atoms with Crippen LogP contribution in [0.5, 0.6) is 0 Å². The number of nitrogens with zero attached hydrogens (tertiary/aromatic N) is 3. The summed E-state index contributed by atoms with van der Waals surface area (Å²) in [7, 11) is 0. The molecular weight excluding hydrogens is 312 g/mol. The van der Waals surface area contributed by atoms with Crippen LogP contribution in [0.1, 0.15) is 40.0 Å². The van der Waals surface area contributed by atoms with E-state index in [1.165, 1.54) is 58.5 Å². The van der Waals surface area contributed by atoms with Crippen molar-refractivity contribution in [1.82, 2.24) is 20.0 Å². The zero-order chi connectivity index (χ0) is 18.1. The molecule has 1 N–H and O–H groups in total. The van der Waals surface area contributed by atoms with E-state index in [1.807, 2.05) is 13.8 Å². The largest absolute Gasteiger partial charge is 0.317 e. The molecule has 5 nitrogen and oxygen atoms in total. The molecule has 0 aromatic heterocycles. The summed E-state index contributed by atoms with van der Waals surface area (Å²) in [4.78, 5) is 19.5. The maximum Gasteiger partial charge on any atom is 0.149 e. The van der Waals surface area contributed by atoms with Crippen LogP contribution in [0.25, 0.3) is 0 Å². The first-order chi connectivity index (χ1) is 12.1. The Labute approximate surface area is 155 Å².